The molecule has 7 N–H and O–H groups in total. The van der Waals surface area contributed by atoms with E-state index in [0.29, 0.717) is 11.1 Å². The van der Waals surface area contributed by atoms with Gasteiger partial charge in [0.2, 0.25) is 6.29 Å². The van der Waals surface area contributed by atoms with Crippen molar-refractivity contribution in [3.05, 3.63) is 41.5 Å². The molecule has 2 aromatic rings. The molecule has 0 unspecified atom stereocenters. The Kier molecular flexibility index (Phi) is 5.58. The third kappa shape index (κ3) is 3.95. The van der Waals surface area contributed by atoms with Crippen molar-refractivity contribution in [1.29, 1.82) is 0 Å². The van der Waals surface area contributed by atoms with E-state index in [-0.39, 0.29) is 35.2 Å². The SMILES string of the molecule is C[C@H]1O[C@@H](Oc2ccc([C@H]3Oc4cc(O)cc(O)c4C[C@@H]3O)cc2O)[C@H](O)[C@@H](O)[C@H]1O. The largest absolute Gasteiger partial charge is 0.508 e. The van der Waals surface area contributed by atoms with E-state index in [1.807, 2.05) is 0 Å². The van der Waals surface area contributed by atoms with Gasteiger partial charge in [-0.05, 0) is 24.6 Å². The number of phenolic OH excluding ortho intramolecular Hbond substituents is 3. The average molecular weight is 436 g/mol. The number of hydrogen-bond acceptors (Lipinski definition) is 10. The molecule has 168 valence electrons. The maximum Gasteiger partial charge on any atom is 0.229 e. The summed E-state index contributed by atoms with van der Waals surface area (Å²) in [6.45, 7) is 1.51. The molecule has 7 atom stereocenters. The van der Waals surface area contributed by atoms with Gasteiger partial charge in [0.05, 0.1) is 12.2 Å². The minimum absolute atomic E-state index is 0.0513. The number of phenols is 3. The second-order valence-electron chi connectivity index (χ2n) is 7.78. The molecule has 2 aliphatic rings. The molecular formula is C21H24O10. The quantitative estimate of drug-likeness (QED) is 0.349. The first-order chi connectivity index (χ1) is 14.7. The maximum absolute atomic E-state index is 10.5. The molecule has 0 radical (unpaired) electrons. The third-order valence-corrected chi connectivity index (χ3v) is 5.55. The fourth-order valence-electron chi connectivity index (χ4n) is 3.80. The molecule has 0 aromatic heterocycles. The number of aliphatic hydroxyl groups is 4. The normalized spacial score (nSPS) is 32.7. The van der Waals surface area contributed by atoms with Crippen LogP contribution < -0.4 is 9.47 Å². The highest BCUT2D eigenvalue weighted by molar-refractivity contribution is 5.52. The van der Waals surface area contributed by atoms with Gasteiger partial charge < -0.3 is 50.0 Å². The predicted molar refractivity (Wildman–Crippen MR) is 104 cm³/mol. The molecule has 0 saturated carbocycles. The number of ether oxygens (including phenoxy) is 3. The zero-order chi connectivity index (χ0) is 22.4. The molecule has 0 bridgehead atoms. The first-order valence-corrected chi connectivity index (χ1v) is 9.74. The molecule has 2 aliphatic heterocycles. The molecule has 2 heterocycles. The van der Waals surface area contributed by atoms with E-state index in [2.05, 4.69) is 0 Å². The number of rotatable bonds is 3. The number of benzene rings is 2. The highest BCUT2D eigenvalue weighted by atomic mass is 16.7. The Hall–Kier alpha value is -2.76. The van der Waals surface area contributed by atoms with E-state index < -0.39 is 42.9 Å². The highest BCUT2D eigenvalue weighted by Gasteiger charge is 2.43. The lowest BCUT2D eigenvalue weighted by Gasteiger charge is -2.39. The van der Waals surface area contributed by atoms with E-state index in [1.54, 1.807) is 0 Å². The Morgan fingerprint density at radius 2 is 1.65 bits per heavy atom. The Balaban J connectivity index is 1.54. The van der Waals surface area contributed by atoms with Crippen molar-refractivity contribution >= 4 is 0 Å². The van der Waals surface area contributed by atoms with Crippen molar-refractivity contribution in [3.63, 3.8) is 0 Å². The molecule has 1 fully saturated rings. The summed E-state index contributed by atoms with van der Waals surface area (Å²) in [5, 5.41) is 70.2. The minimum atomic E-state index is -1.54. The zero-order valence-corrected chi connectivity index (χ0v) is 16.5. The lowest BCUT2D eigenvalue weighted by Crippen LogP contribution is -2.58. The number of hydrogen-bond donors (Lipinski definition) is 7. The minimum Gasteiger partial charge on any atom is -0.508 e. The van der Waals surface area contributed by atoms with Crippen LogP contribution in [0.1, 0.15) is 24.2 Å². The second-order valence-corrected chi connectivity index (χ2v) is 7.78. The van der Waals surface area contributed by atoms with E-state index in [0.717, 1.165) is 6.07 Å². The van der Waals surface area contributed by atoms with Gasteiger partial charge in [0.25, 0.3) is 0 Å². The van der Waals surface area contributed by atoms with Gasteiger partial charge in [0, 0.05) is 24.1 Å². The Labute approximate surface area is 177 Å². The smallest absolute Gasteiger partial charge is 0.229 e. The van der Waals surface area contributed by atoms with Gasteiger partial charge >= 0.3 is 0 Å². The fraction of sp³-hybridized carbons (Fsp3) is 0.429. The molecule has 10 heteroatoms. The summed E-state index contributed by atoms with van der Waals surface area (Å²) in [5.74, 6) is -0.545. The standard InChI is InChI=1S/C21H24O10/c1-8-17(26)18(27)19(28)21(29-8)31-15-3-2-9(4-13(15)24)20-14(25)7-11-12(23)5-10(22)6-16(11)30-20/h2-6,8,14,17-28H,7H2,1H3/t8-,14+,17+,18+,19-,20-,21+/m1/s1. The Morgan fingerprint density at radius 3 is 2.35 bits per heavy atom. The number of fused-ring (bicyclic) bond motifs is 1. The van der Waals surface area contributed by atoms with E-state index >= 15 is 0 Å². The lowest BCUT2D eigenvalue weighted by atomic mass is 9.94. The molecule has 31 heavy (non-hydrogen) atoms. The van der Waals surface area contributed by atoms with Crippen LogP contribution in [0.15, 0.2) is 30.3 Å². The summed E-state index contributed by atoms with van der Waals surface area (Å²) in [7, 11) is 0. The van der Waals surface area contributed by atoms with Crippen LogP contribution in [-0.2, 0) is 11.2 Å². The van der Waals surface area contributed by atoms with Crippen molar-refractivity contribution in [1.82, 2.24) is 0 Å². The van der Waals surface area contributed by atoms with Crippen LogP contribution in [0.5, 0.6) is 28.7 Å². The fourth-order valence-corrected chi connectivity index (χ4v) is 3.80. The maximum atomic E-state index is 10.5. The summed E-state index contributed by atoms with van der Waals surface area (Å²) < 4.78 is 16.6. The van der Waals surface area contributed by atoms with E-state index in [9.17, 15) is 35.7 Å². The summed E-state index contributed by atoms with van der Waals surface area (Å²) in [6.07, 6.45) is -8.26. The summed E-state index contributed by atoms with van der Waals surface area (Å²) in [4.78, 5) is 0. The topological polar surface area (TPSA) is 169 Å². The van der Waals surface area contributed by atoms with Gasteiger partial charge in [-0.3, -0.25) is 0 Å². The molecule has 4 rings (SSSR count). The monoisotopic (exact) mass is 436 g/mol. The number of aromatic hydroxyl groups is 3. The van der Waals surface area contributed by atoms with Crippen molar-refractivity contribution in [2.24, 2.45) is 0 Å². The molecule has 0 spiro atoms. The van der Waals surface area contributed by atoms with Crippen molar-refractivity contribution in [2.75, 3.05) is 0 Å². The zero-order valence-electron chi connectivity index (χ0n) is 16.5. The van der Waals surface area contributed by atoms with Crippen LogP contribution in [0.2, 0.25) is 0 Å². The highest BCUT2D eigenvalue weighted by Crippen LogP contribution is 2.43. The van der Waals surface area contributed by atoms with Crippen molar-refractivity contribution in [3.8, 4) is 28.7 Å². The van der Waals surface area contributed by atoms with E-state index in [1.165, 1.54) is 31.2 Å². The van der Waals surface area contributed by atoms with Gasteiger partial charge in [-0.1, -0.05) is 6.07 Å². The van der Waals surface area contributed by atoms with Gasteiger partial charge in [0.1, 0.15) is 41.7 Å². The van der Waals surface area contributed by atoms with Gasteiger partial charge in [-0.2, -0.15) is 0 Å². The van der Waals surface area contributed by atoms with Gasteiger partial charge in [0.15, 0.2) is 11.5 Å². The van der Waals surface area contributed by atoms with Crippen LogP contribution >= 0.6 is 0 Å². The Bertz CT molecular complexity index is 963. The average Bonchev–Trinajstić information content (AvgIpc) is 2.72. The van der Waals surface area contributed by atoms with Crippen LogP contribution in [0.3, 0.4) is 0 Å². The van der Waals surface area contributed by atoms with E-state index in [4.69, 9.17) is 14.2 Å². The third-order valence-electron chi connectivity index (χ3n) is 5.55. The molecule has 0 aliphatic carbocycles. The van der Waals surface area contributed by atoms with Crippen LogP contribution in [0.4, 0.5) is 0 Å². The van der Waals surface area contributed by atoms with Crippen molar-refractivity contribution < 1.29 is 50.0 Å². The predicted octanol–water partition coefficient (Wildman–Crippen LogP) is 0.0468. The molecular weight excluding hydrogens is 412 g/mol. The van der Waals surface area contributed by atoms with Crippen LogP contribution in [0, 0.1) is 0 Å². The lowest BCUT2D eigenvalue weighted by molar-refractivity contribution is -0.268. The molecule has 2 aromatic carbocycles. The Morgan fingerprint density at radius 1 is 0.903 bits per heavy atom. The first-order valence-electron chi connectivity index (χ1n) is 9.74. The summed E-state index contributed by atoms with van der Waals surface area (Å²) >= 11 is 0. The first kappa shape index (κ1) is 21.5. The molecule has 1 saturated heterocycles. The molecule has 10 nitrogen and oxygen atoms in total. The summed E-state index contributed by atoms with van der Waals surface area (Å²) in [5.41, 5.74) is 0.767. The number of aliphatic hydroxyl groups excluding tert-OH is 4. The summed E-state index contributed by atoms with van der Waals surface area (Å²) in [6, 6.07) is 6.70. The van der Waals surface area contributed by atoms with Crippen LogP contribution in [0.25, 0.3) is 0 Å². The van der Waals surface area contributed by atoms with Crippen LogP contribution in [-0.4, -0.2) is 72.6 Å². The van der Waals surface area contributed by atoms with Gasteiger partial charge in [-0.25, -0.2) is 0 Å². The van der Waals surface area contributed by atoms with Gasteiger partial charge in [-0.15, -0.1) is 0 Å². The van der Waals surface area contributed by atoms with Crippen molar-refractivity contribution in [2.45, 2.75) is 56.3 Å². The second kappa shape index (κ2) is 8.06. The molecule has 0 amide bonds.